The molecule has 0 unspecified atom stereocenters. The topological polar surface area (TPSA) is 59.3 Å². The lowest BCUT2D eigenvalue weighted by atomic mass is 10.3. The predicted octanol–water partition coefficient (Wildman–Crippen LogP) is 2.10. The molecule has 6 heteroatoms. The Kier molecular flexibility index (Phi) is 3.66. The zero-order valence-corrected chi connectivity index (χ0v) is 11.0. The van der Waals surface area contributed by atoms with Gasteiger partial charge in [-0.3, -0.25) is 0 Å². The van der Waals surface area contributed by atoms with Gasteiger partial charge in [0.25, 0.3) is 0 Å². The van der Waals surface area contributed by atoms with Crippen molar-refractivity contribution in [2.75, 3.05) is 12.8 Å². The van der Waals surface area contributed by atoms with Crippen LogP contribution in [0.3, 0.4) is 0 Å². The summed E-state index contributed by atoms with van der Waals surface area (Å²) in [7, 11) is -3.09. The van der Waals surface area contributed by atoms with Crippen molar-refractivity contribution in [3.63, 3.8) is 0 Å². The molecule has 2 rings (SSSR count). The van der Waals surface area contributed by atoms with Crippen LogP contribution in [0.5, 0.6) is 0 Å². The van der Waals surface area contributed by atoms with E-state index in [4.69, 9.17) is 4.42 Å². The highest BCUT2D eigenvalue weighted by Crippen LogP contribution is 2.28. The molecule has 0 radical (unpaired) electrons. The summed E-state index contributed by atoms with van der Waals surface area (Å²) < 4.78 is 29.5. The molecule has 0 bridgehead atoms. The van der Waals surface area contributed by atoms with Crippen molar-refractivity contribution in [3.8, 4) is 10.6 Å². The summed E-state index contributed by atoms with van der Waals surface area (Å²) in [5.74, 6) is 0.845. The third-order valence-electron chi connectivity index (χ3n) is 2.16. The van der Waals surface area contributed by atoms with E-state index in [0.29, 0.717) is 13.0 Å². The number of thiophene rings is 1. The van der Waals surface area contributed by atoms with Crippen molar-refractivity contribution in [1.82, 2.24) is 4.72 Å². The molecule has 2 aromatic heterocycles. The number of furan rings is 1. The van der Waals surface area contributed by atoms with Crippen LogP contribution in [0.1, 0.15) is 4.88 Å². The monoisotopic (exact) mass is 271 g/mol. The van der Waals surface area contributed by atoms with Crippen LogP contribution in [0.25, 0.3) is 10.6 Å². The summed E-state index contributed by atoms with van der Waals surface area (Å²) in [4.78, 5) is 2.19. The fourth-order valence-corrected chi connectivity index (χ4v) is 2.87. The molecule has 2 aromatic rings. The summed E-state index contributed by atoms with van der Waals surface area (Å²) in [6.45, 7) is 0.428. The van der Waals surface area contributed by atoms with E-state index in [0.717, 1.165) is 21.8 Å². The van der Waals surface area contributed by atoms with Crippen LogP contribution < -0.4 is 4.72 Å². The molecule has 0 aliphatic heterocycles. The SMILES string of the molecule is CS(=O)(=O)NCCc1ccc(-c2ccco2)s1. The van der Waals surface area contributed by atoms with Crippen LogP contribution >= 0.6 is 11.3 Å². The molecule has 2 heterocycles. The van der Waals surface area contributed by atoms with E-state index in [2.05, 4.69) is 4.72 Å². The maximum absolute atomic E-state index is 10.9. The van der Waals surface area contributed by atoms with Crippen molar-refractivity contribution in [3.05, 3.63) is 35.4 Å². The highest BCUT2D eigenvalue weighted by atomic mass is 32.2. The lowest BCUT2D eigenvalue weighted by molar-refractivity contribution is 0.583. The van der Waals surface area contributed by atoms with Gasteiger partial charge >= 0.3 is 0 Å². The molecule has 0 atom stereocenters. The number of rotatable bonds is 5. The van der Waals surface area contributed by atoms with E-state index < -0.39 is 10.0 Å². The first-order valence-electron chi connectivity index (χ1n) is 5.12. The van der Waals surface area contributed by atoms with Gasteiger partial charge in [0, 0.05) is 11.4 Å². The van der Waals surface area contributed by atoms with Gasteiger partial charge in [-0.1, -0.05) is 0 Å². The van der Waals surface area contributed by atoms with E-state index in [1.165, 1.54) is 0 Å². The van der Waals surface area contributed by atoms with Crippen molar-refractivity contribution >= 4 is 21.4 Å². The second-order valence-electron chi connectivity index (χ2n) is 3.66. The minimum atomic E-state index is -3.09. The average molecular weight is 271 g/mol. The molecule has 0 saturated heterocycles. The van der Waals surface area contributed by atoms with Gasteiger partial charge in [0.15, 0.2) is 0 Å². The molecule has 0 saturated carbocycles. The summed E-state index contributed by atoms with van der Waals surface area (Å²) >= 11 is 1.61. The Morgan fingerprint density at radius 1 is 1.35 bits per heavy atom. The van der Waals surface area contributed by atoms with Gasteiger partial charge in [-0.05, 0) is 30.7 Å². The maximum Gasteiger partial charge on any atom is 0.208 e. The Balaban J connectivity index is 1.95. The molecule has 0 amide bonds. The summed E-state index contributed by atoms with van der Waals surface area (Å²) in [6.07, 6.45) is 3.49. The second kappa shape index (κ2) is 5.03. The zero-order valence-electron chi connectivity index (χ0n) is 9.34. The first-order chi connectivity index (χ1) is 8.04. The van der Waals surface area contributed by atoms with Crippen LogP contribution in [0.2, 0.25) is 0 Å². The molecule has 0 spiro atoms. The molecule has 4 nitrogen and oxygen atoms in total. The predicted molar refractivity (Wildman–Crippen MR) is 68.6 cm³/mol. The Bertz CT molecular complexity index is 570. The Morgan fingerprint density at radius 2 is 2.18 bits per heavy atom. The molecule has 0 fully saturated rings. The second-order valence-corrected chi connectivity index (χ2v) is 6.66. The van der Waals surface area contributed by atoms with Crippen LogP contribution in [-0.4, -0.2) is 21.2 Å². The molecule has 0 aliphatic rings. The van der Waals surface area contributed by atoms with E-state index in [-0.39, 0.29) is 0 Å². The van der Waals surface area contributed by atoms with Gasteiger partial charge < -0.3 is 4.42 Å². The number of nitrogens with one attached hydrogen (secondary N) is 1. The zero-order chi connectivity index (χ0) is 12.3. The van der Waals surface area contributed by atoms with Crippen LogP contribution in [-0.2, 0) is 16.4 Å². The molecular weight excluding hydrogens is 258 g/mol. The van der Waals surface area contributed by atoms with Crippen molar-refractivity contribution < 1.29 is 12.8 Å². The average Bonchev–Trinajstić information content (AvgIpc) is 2.83. The van der Waals surface area contributed by atoms with E-state index in [9.17, 15) is 8.42 Å². The van der Waals surface area contributed by atoms with Crippen molar-refractivity contribution in [2.45, 2.75) is 6.42 Å². The Morgan fingerprint density at radius 3 is 2.82 bits per heavy atom. The van der Waals surface area contributed by atoms with Gasteiger partial charge in [0.2, 0.25) is 10.0 Å². The first-order valence-corrected chi connectivity index (χ1v) is 7.82. The quantitative estimate of drug-likeness (QED) is 0.906. The third kappa shape index (κ3) is 3.69. The third-order valence-corrected chi connectivity index (χ3v) is 4.05. The maximum atomic E-state index is 10.9. The van der Waals surface area contributed by atoms with Gasteiger partial charge in [0.05, 0.1) is 17.4 Å². The molecule has 1 N–H and O–H groups in total. The normalized spacial score (nSPS) is 11.8. The fourth-order valence-electron chi connectivity index (χ4n) is 1.42. The van der Waals surface area contributed by atoms with E-state index >= 15 is 0 Å². The van der Waals surface area contributed by atoms with E-state index in [1.54, 1.807) is 17.6 Å². The smallest absolute Gasteiger partial charge is 0.208 e. The first kappa shape index (κ1) is 12.3. The highest BCUT2D eigenvalue weighted by Gasteiger charge is 2.06. The number of hydrogen-bond donors (Lipinski definition) is 1. The minimum Gasteiger partial charge on any atom is -0.464 e. The molecule has 0 aromatic carbocycles. The summed E-state index contributed by atoms with van der Waals surface area (Å²) in [6, 6.07) is 7.73. The van der Waals surface area contributed by atoms with Gasteiger partial charge in [-0.15, -0.1) is 11.3 Å². The Labute approximate surface area is 104 Å². The standard InChI is InChI=1S/C11H13NO3S2/c1-17(13,14)12-7-6-9-4-5-11(16-9)10-3-2-8-15-10/h2-5,8,12H,6-7H2,1H3. The van der Waals surface area contributed by atoms with E-state index in [1.807, 2.05) is 24.3 Å². The van der Waals surface area contributed by atoms with Gasteiger partial charge in [-0.2, -0.15) is 0 Å². The summed E-state index contributed by atoms with van der Waals surface area (Å²) in [5, 5.41) is 0. The van der Waals surface area contributed by atoms with Crippen LogP contribution in [0.4, 0.5) is 0 Å². The lowest BCUT2D eigenvalue weighted by Crippen LogP contribution is -2.23. The minimum absolute atomic E-state index is 0.428. The van der Waals surface area contributed by atoms with Gasteiger partial charge in [-0.25, -0.2) is 13.1 Å². The van der Waals surface area contributed by atoms with Crippen LogP contribution in [0, 0.1) is 0 Å². The van der Waals surface area contributed by atoms with Crippen molar-refractivity contribution in [1.29, 1.82) is 0 Å². The van der Waals surface area contributed by atoms with Crippen LogP contribution in [0.15, 0.2) is 34.9 Å². The van der Waals surface area contributed by atoms with Gasteiger partial charge in [0.1, 0.15) is 5.76 Å². The van der Waals surface area contributed by atoms with Crippen molar-refractivity contribution in [2.24, 2.45) is 0 Å². The highest BCUT2D eigenvalue weighted by molar-refractivity contribution is 7.88. The molecule has 17 heavy (non-hydrogen) atoms. The number of hydrogen-bond acceptors (Lipinski definition) is 4. The fraction of sp³-hybridized carbons (Fsp3) is 0.273. The summed E-state index contributed by atoms with van der Waals surface area (Å²) in [5.41, 5.74) is 0. The number of sulfonamides is 1. The molecule has 92 valence electrons. The molecular formula is C11H13NO3S2. The Hall–Kier alpha value is -1.11. The lowest BCUT2D eigenvalue weighted by Gasteiger charge is -1.99. The molecule has 0 aliphatic carbocycles. The largest absolute Gasteiger partial charge is 0.464 e.